The Bertz CT molecular complexity index is 875. The molecule has 2 N–H and O–H groups in total. The molecule has 2 aromatic rings. The molecule has 8 heteroatoms. The van der Waals surface area contributed by atoms with Gasteiger partial charge in [-0.15, -0.1) is 0 Å². The van der Waals surface area contributed by atoms with Crippen LogP contribution in [0, 0.1) is 5.82 Å². The molecule has 7 nitrogen and oxygen atoms in total. The first-order valence-electron chi connectivity index (χ1n) is 8.17. The highest BCUT2D eigenvalue weighted by Crippen LogP contribution is 2.40. The summed E-state index contributed by atoms with van der Waals surface area (Å²) in [6, 6.07) is 7.15. The molecule has 3 rings (SSSR count). The van der Waals surface area contributed by atoms with Gasteiger partial charge in [0.15, 0.2) is 11.5 Å². The number of carbonyl (C=O) groups excluding carboxylic acids is 2. The molecular formula is C19H19FN2O5. The molecule has 0 saturated carbocycles. The van der Waals surface area contributed by atoms with Crippen LogP contribution in [0.5, 0.6) is 17.2 Å². The summed E-state index contributed by atoms with van der Waals surface area (Å²) in [5, 5.41) is 5.35. The first-order valence-corrected chi connectivity index (χ1v) is 8.17. The molecule has 1 aliphatic heterocycles. The number of rotatable bonds is 5. The van der Waals surface area contributed by atoms with Crippen molar-refractivity contribution in [2.75, 3.05) is 32.0 Å². The number of anilines is 2. The van der Waals surface area contributed by atoms with Crippen LogP contribution in [0.4, 0.5) is 15.8 Å². The van der Waals surface area contributed by atoms with Crippen molar-refractivity contribution in [1.82, 2.24) is 0 Å². The standard InChI is InChI=1S/C19H19FN2O5/c1-25-15-7-11(8-16(26-2)18(15)27-3)21-19(24)13-9-17(23)22-14-6-10(20)4-5-12(13)14/h4-8,13H,9H2,1-3H3,(H,21,24)(H,22,23)/t13-/m1/s1. The van der Waals surface area contributed by atoms with Gasteiger partial charge in [-0.05, 0) is 17.7 Å². The molecule has 0 spiro atoms. The molecule has 0 radical (unpaired) electrons. The fraction of sp³-hybridized carbons (Fsp3) is 0.263. The van der Waals surface area contributed by atoms with E-state index in [4.69, 9.17) is 14.2 Å². The zero-order chi connectivity index (χ0) is 19.6. The molecular weight excluding hydrogens is 355 g/mol. The smallest absolute Gasteiger partial charge is 0.232 e. The van der Waals surface area contributed by atoms with Crippen molar-refractivity contribution in [2.45, 2.75) is 12.3 Å². The van der Waals surface area contributed by atoms with Crippen molar-refractivity contribution in [3.63, 3.8) is 0 Å². The van der Waals surface area contributed by atoms with Gasteiger partial charge in [-0.25, -0.2) is 4.39 Å². The SMILES string of the molecule is COc1cc(NC(=O)[C@@H]2CC(=O)Nc3cc(F)ccc32)cc(OC)c1OC. The quantitative estimate of drug-likeness (QED) is 0.841. The van der Waals surface area contributed by atoms with Crippen LogP contribution in [0.1, 0.15) is 17.9 Å². The number of carbonyl (C=O) groups is 2. The Hall–Kier alpha value is -3.29. The summed E-state index contributed by atoms with van der Waals surface area (Å²) in [6.45, 7) is 0. The first-order chi connectivity index (χ1) is 13.0. The van der Waals surface area contributed by atoms with Crippen LogP contribution in [0.2, 0.25) is 0 Å². The summed E-state index contributed by atoms with van der Waals surface area (Å²) < 4.78 is 29.2. The van der Waals surface area contributed by atoms with E-state index in [1.165, 1.54) is 39.5 Å². The van der Waals surface area contributed by atoms with Crippen molar-refractivity contribution in [3.8, 4) is 17.2 Å². The summed E-state index contributed by atoms with van der Waals surface area (Å²) in [4.78, 5) is 24.7. The summed E-state index contributed by atoms with van der Waals surface area (Å²) in [5.41, 5.74) is 1.28. The molecule has 1 aliphatic rings. The van der Waals surface area contributed by atoms with E-state index in [1.54, 1.807) is 12.1 Å². The summed E-state index contributed by atoms with van der Waals surface area (Å²) in [6.07, 6.45) is -0.0328. The maximum atomic E-state index is 13.4. The maximum Gasteiger partial charge on any atom is 0.232 e. The van der Waals surface area contributed by atoms with Crippen molar-refractivity contribution < 1.29 is 28.2 Å². The molecule has 0 fully saturated rings. The molecule has 0 unspecified atom stereocenters. The fourth-order valence-electron chi connectivity index (χ4n) is 3.05. The van der Waals surface area contributed by atoms with Gasteiger partial charge in [-0.3, -0.25) is 9.59 Å². The van der Waals surface area contributed by atoms with E-state index in [1.807, 2.05) is 0 Å². The Labute approximate surface area is 155 Å². The molecule has 1 heterocycles. The molecule has 1 atom stereocenters. The average Bonchev–Trinajstić information content (AvgIpc) is 2.65. The highest BCUT2D eigenvalue weighted by molar-refractivity contribution is 6.05. The highest BCUT2D eigenvalue weighted by atomic mass is 19.1. The van der Waals surface area contributed by atoms with Gasteiger partial charge < -0.3 is 24.8 Å². The number of benzene rings is 2. The Morgan fingerprint density at radius 3 is 2.37 bits per heavy atom. The highest BCUT2D eigenvalue weighted by Gasteiger charge is 2.31. The van der Waals surface area contributed by atoms with E-state index >= 15 is 0 Å². The lowest BCUT2D eigenvalue weighted by Crippen LogP contribution is -2.30. The van der Waals surface area contributed by atoms with Gasteiger partial charge >= 0.3 is 0 Å². The monoisotopic (exact) mass is 374 g/mol. The lowest BCUT2D eigenvalue weighted by Gasteiger charge is -2.25. The Morgan fingerprint density at radius 1 is 1.11 bits per heavy atom. The van der Waals surface area contributed by atoms with E-state index in [0.29, 0.717) is 34.2 Å². The Balaban J connectivity index is 1.91. The van der Waals surface area contributed by atoms with Gasteiger partial charge in [0.2, 0.25) is 17.6 Å². The number of nitrogens with one attached hydrogen (secondary N) is 2. The molecule has 27 heavy (non-hydrogen) atoms. The van der Waals surface area contributed by atoms with Crippen LogP contribution in [0.3, 0.4) is 0 Å². The summed E-state index contributed by atoms with van der Waals surface area (Å²) in [5.74, 6) is -0.804. The second kappa shape index (κ2) is 7.53. The van der Waals surface area contributed by atoms with Gasteiger partial charge in [0.25, 0.3) is 0 Å². The number of hydrogen-bond acceptors (Lipinski definition) is 5. The Morgan fingerprint density at radius 2 is 1.78 bits per heavy atom. The van der Waals surface area contributed by atoms with Gasteiger partial charge in [0.05, 0.1) is 27.2 Å². The first kappa shape index (κ1) is 18.5. The van der Waals surface area contributed by atoms with Crippen LogP contribution in [0.25, 0.3) is 0 Å². The minimum absolute atomic E-state index is 0.0328. The normalized spacial score (nSPS) is 15.4. The second-order valence-corrected chi connectivity index (χ2v) is 5.94. The molecule has 2 aromatic carbocycles. The zero-order valence-corrected chi connectivity index (χ0v) is 15.1. The molecule has 142 valence electrons. The van der Waals surface area contributed by atoms with Crippen molar-refractivity contribution in [3.05, 3.63) is 41.7 Å². The van der Waals surface area contributed by atoms with Crippen molar-refractivity contribution in [1.29, 1.82) is 0 Å². The van der Waals surface area contributed by atoms with E-state index in [-0.39, 0.29) is 12.3 Å². The second-order valence-electron chi connectivity index (χ2n) is 5.94. The fourth-order valence-corrected chi connectivity index (χ4v) is 3.05. The number of amides is 2. The Kier molecular flexibility index (Phi) is 5.16. The zero-order valence-electron chi connectivity index (χ0n) is 15.1. The van der Waals surface area contributed by atoms with E-state index in [9.17, 15) is 14.0 Å². The third-order valence-corrected chi connectivity index (χ3v) is 4.30. The lowest BCUT2D eigenvalue weighted by atomic mass is 9.89. The number of halogens is 1. The minimum Gasteiger partial charge on any atom is -0.493 e. The molecule has 0 aromatic heterocycles. The van der Waals surface area contributed by atoms with Gasteiger partial charge in [-0.1, -0.05) is 6.07 Å². The largest absolute Gasteiger partial charge is 0.493 e. The molecule has 2 amide bonds. The summed E-state index contributed by atoms with van der Waals surface area (Å²) in [7, 11) is 4.42. The predicted octanol–water partition coefficient (Wildman–Crippen LogP) is 2.92. The van der Waals surface area contributed by atoms with Crippen molar-refractivity contribution in [2.24, 2.45) is 0 Å². The van der Waals surface area contributed by atoms with Crippen LogP contribution in [0.15, 0.2) is 30.3 Å². The van der Waals surface area contributed by atoms with Gasteiger partial charge in [-0.2, -0.15) is 0 Å². The number of methoxy groups -OCH3 is 3. The van der Waals surface area contributed by atoms with Crippen LogP contribution < -0.4 is 24.8 Å². The third kappa shape index (κ3) is 3.64. The van der Waals surface area contributed by atoms with Crippen LogP contribution in [-0.4, -0.2) is 33.1 Å². The minimum atomic E-state index is -0.742. The maximum absolute atomic E-state index is 13.4. The topological polar surface area (TPSA) is 85.9 Å². The number of fused-ring (bicyclic) bond motifs is 1. The molecule has 0 bridgehead atoms. The predicted molar refractivity (Wildman–Crippen MR) is 97.1 cm³/mol. The van der Waals surface area contributed by atoms with E-state index in [0.717, 1.165) is 0 Å². The molecule has 0 aliphatic carbocycles. The lowest BCUT2D eigenvalue weighted by molar-refractivity contribution is -0.123. The average molecular weight is 374 g/mol. The van der Waals surface area contributed by atoms with Gasteiger partial charge in [0.1, 0.15) is 5.82 Å². The third-order valence-electron chi connectivity index (χ3n) is 4.30. The number of hydrogen-bond donors (Lipinski definition) is 2. The summed E-state index contributed by atoms with van der Waals surface area (Å²) >= 11 is 0. The van der Waals surface area contributed by atoms with Crippen LogP contribution >= 0.6 is 0 Å². The van der Waals surface area contributed by atoms with Gasteiger partial charge in [0, 0.05) is 29.9 Å². The van der Waals surface area contributed by atoms with Crippen LogP contribution in [-0.2, 0) is 9.59 Å². The van der Waals surface area contributed by atoms with E-state index < -0.39 is 17.6 Å². The molecule has 0 saturated heterocycles. The van der Waals surface area contributed by atoms with Crippen molar-refractivity contribution >= 4 is 23.2 Å². The number of ether oxygens (including phenoxy) is 3. The van der Waals surface area contributed by atoms with E-state index in [2.05, 4.69) is 10.6 Å².